The fourth-order valence-electron chi connectivity index (χ4n) is 5.02. The van der Waals surface area contributed by atoms with E-state index in [0.717, 1.165) is 35.9 Å². The first-order chi connectivity index (χ1) is 7.29. The average molecular weight is 206 g/mol. The molecule has 0 spiro atoms. The first-order valence-electron chi connectivity index (χ1n) is 6.75. The summed E-state index contributed by atoms with van der Waals surface area (Å²) in [6.07, 6.45) is 9.76. The van der Waals surface area contributed by atoms with Crippen molar-refractivity contribution in [3.05, 3.63) is 0 Å². The molecule has 0 amide bonds. The molecule has 15 heavy (non-hydrogen) atoms. The Morgan fingerprint density at radius 2 is 2.00 bits per heavy atom. The summed E-state index contributed by atoms with van der Waals surface area (Å²) < 4.78 is 0. The second-order valence-electron chi connectivity index (χ2n) is 6.26. The maximum Gasteiger partial charge on any atom is 0.122 e. The van der Waals surface area contributed by atoms with Crippen molar-refractivity contribution in [2.45, 2.75) is 45.4 Å². The summed E-state index contributed by atoms with van der Waals surface area (Å²) in [6.45, 7) is 2.09. The molecule has 3 rings (SSSR count). The lowest BCUT2D eigenvalue weighted by Gasteiger charge is -2.29. The molecule has 1 nitrogen and oxygen atoms in total. The van der Waals surface area contributed by atoms with Crippen LogP contribution in [0.15, 0.2) is 0 Å². The van der Waals surface area contributed by atoms with Crippen LogP contribution in [0.3, 0.4) is 0 Å². The number of carbonyl (C=O) groups excluding carboxylic acids is 1. The van der Waals surface area contributed by atoms with Crippen molar-refractivity contribution in [3.8, 4) is 0 Å². The molecule has 0 radical (unpaired) electrons. The van der Waals surface area contributed by atoms with Crippen LogP contribution in [-0.2, 0) is 4.79 Å². The molecular formula is C14H22O. The van der Waals surface area contributed by atoms with Gasteiger partial charge in [-0.3, -0.25) is 0 Å². The summed E-state index contributed by atoms with van der Waals surface area (Å²) in [6, 6.07) is 0. The van der Waals surface area contributed by atoms with E-state index in [2.05, 4.69) is 6.92 Å². The minimum atomic E-state index is 0.299. The third kappa shape index (κ3) is 1.46. The van der Waals surface area contributed by atoms with Gasteiger partial charge in [0.15, 0.2) is 0 Å². The van der Waals surface area contributed by atoms with E-state index in [0.29, 0.717) is 5.92 Å². The van der Waals surface area contributed by atoms with Crippen LogP contribution in [0.1, 0.15) is 45.4 Å². The smallest absolute Gasteiger partial charge is 0.122 e. The quantitative estimate of drug-likeness (QED) is 0.648. The van der Waals surface area contributed by atoms with E-state index in [4.69, 9.17) is 0 Å². The summed E-state index contributed by atoms with van der Waals surface area (Å²) in [5, 5.41) is 0. The van der Waals surface area contributed by atoms with Gasteiger partial charge in [-0.1, -0.05) is 6.92 Å². The molecule has 3 saturated carbocycles. The lowest BCUT2D eigenvalue weighted by Crippen LogP contribution is -2.23. The van der Waals surface area contributed by atoms with Crippen LogP contribution in [0, 0.1) is 35.5 Å². The standard InChI is InChI=1S/C14H22O/c1-9(8-15)6-11-4-5-13-10-2-3-12(7-10)14(11)13/h8-14H,2-7H2,1H3/t9?,10?,11?,12?,13-,14-/m0/s1. The molecule has 0 aromatic carbocycles. The van der Waals surface area contributed by atoms with Gasteiger partial charge < -0.3 is 4.79 Å². The van der Waals surface area contributed by atoms with Crippen LogP contribution < -0.4 is 0 Å². The summed E-state index contributed by atoms with van der Waals surface area (Å²) in [5.41, 5.74) is 0. The van der Waals surface area contributed by atoms with Crippen molar-refractivity contribution >= 4 is 6.29 Å². The lowest BCUT2D eigenvalue weighted by atomic mass is 9.76. The maximum atomic E-state index is 10.7. The van der Waals surface area contributed by atoms with E-state index in [1.165, 1.54) is 38.5 Å². The van der Waals surface area contributed by atoms with Crippen LogP contribution in [0.25, 0.3) is 0 Å². The van der Waals surface area contributed by atoms with E-state index in [1.807, 2.05) is 0 Å². The van der Waals surface area contributed by atoms with E-state index in [-0.39, 0.29) is 0 Å². The second kappa shape index (κ2) is 3.61. The van der Waals surface area contributed by atoms with Crippen LogP contribution in [0.5, 0.6) is 0 Å². The molecule has 84 valence electrons. The highest BCUT2D eigenvalue weighted by Crippen LogP contribution is 2.61. The van der Waals surface area contributed by atoms with Gasteiger partial charge in [0.1, 0.15) is 6.29 Å². The Morgan fingerprint density at radius 1 is 1.20 bits per heavy atom. The van der Waals surface area contributed by atoms with Gasteiger partial charge in [-0.2, -0.15) is 0 Å². The molecule has 6 atom stereocenters. The monoisotopic (exact) mass is 206 g/mol. The Morgan fingerprint density at radius 3 is 2.80 bits per heavy atom. The first kappa shape index (κ1) is 9.86. The van der Waals surface area contributed by atoms with E-state index in [9.17, 15) is 4.79 Å². The zero-order valence-electron chi connectivity index (χ0n) is 9.69. The highest BCUT2D eigenvalue weighted by Gasteiger charge is 2.52. The molecule has 1 heteroatoms. The fourth-order valence-corrected chi connectivity index (χ4v) is 5.02. The Labute approximate surface area is 92.6 Å². The van der Waals surface area contributed by atoms with Gasteiger partial charge in [0.05, 0.1) is 0 Å². The summed E-state index contributed by atoms with van der Waals surface area (Å²) in [4.78, 5) is 10.7. The number of aldehydes is 1. The molecule has 0 aromatic rings. The van der Waals surface area contributed by atoms with Crippen LogP contribution in [0.2, 0.25) is 0 Å². The molecule has 3 fully saturated rings. The van der Waals surface area contributed by atoms with Crippen LogP contribution in [0.4, 0.5) is 0 Å². The fraction of sp³-hybridized carbons (Fsp3) is 0.929. The van der Waals surface area contributed by atoms with Gasteiger partial charge >= 0.3 is 0 Å². The van der Waals surface area contributed by atoms with Gasteiger partial charge in [0.2, 0.25) is 0 Å². The molecule has 0 aliphatic heterocycles. The van der Waals surface area contributed by atoms with E-state index < -0.39 is 0 Å². The zero-order chi connectivity index (χ0) is 10.4. The van der Waals surface area contributed by atoms with Gasteiger partial charge in [-0.25, -0.2) is 0 Å². The largest absolute Gasteiger partial charge is 0.303 e. The van der Waals surface area contributed by atoms with Gasteiger partial charge in [0, 0.05) is 5.92 Å². The summed E-state index contributed by atoms with van der Waals surface area (Å²) in [7, 11) is 0. The molecule has 0 aromatic heterocycles. The Hall–Kier alpha value is -0.330. The van der Waals surface area contributed by atoms with Crippen molar-refractivity contribution < 1.29 is 4.79 Å². The normalized spacial score (nSPS) is 49.3. The number of hydrogen-bond donors (Lipinski definition) is 0. The zero-order valence-corrected chi connectivity index (χ0v) is 9.69. The highest BCUT2D eigenvalue weighted by molar-refractivity contribution is 5.52. The Kier molecular flexibility index (Phi) is 2.37. The van der Waals surface area contributed by atoms with Gasteiger partial charge in [-0.05, 0) is 68.1 Å². The molecule has 3 aliphatic rings. The van der Waals surface area contributed by atoms with Crippen molar-refractivity contribution in [2.75, 3.05) is 0 Å². The Bertz CT molecular complexity index is 260. The molecule has 2 bridgehead atoms. The van der Waals surface area contributed by atoms with Crippen molar-refractivity contribution in [1.29, 1.82) is 0 Å². The number of carbonyl (C=O) groups is 1. The second-order valence-corrected chi connectivity index (χ2v) is 6.26. The maximum absolute atomic E-state index is 10.7. The van der Waals surface area contributed by atoms with Gasteiger partial charge in [0.25, 0.3) is 0 Å². The van der Waals surface area contributed by atoms with Crippen molar-refractivity contribution in [3.63, 3.8) is 0 Å². The SMILES string of the molecule is CC(C=O)CC1CC[C@H]2C3CCC(C3)[C@H]12. The lowest BCUT2D eigenvalue weighted by molar-refractivity contribution is -0.111. The minimum Gasteiger partial charge on any atom is -0.303 e. The van der Waals surface area contributed by atoms with Crippen molar-refractivity contribution in [1.82, 2.24) is 0 Å². The van der Waals surface area contributed by atoms with E-state index in [1.54, 1.807) is 0 Å². The number of rotatable bonds is 3. The number of hydrogen-bond acceptors (Lipinski definition) is 1. The summed E-state index contributed by atoms with van der Waals surface area (Å²) in [5.74, 6) is 5.40. The topological polar surface area (TPSA) is 17.1 Å². The highest BCUT2D eigenvalue weighted by atomic mass is 16.1. The van der Waals surface area contributed by atoms with Crippen LogP contribution >= 0.6 is 0 Å². The summed E-state index contributed by atoms with van der Waals surface area (Å²) >= 11 is 0. The number of fused-ring (bicyclic) bond motifs is 5. The third-order valence-corrected chi connectivity index (χ3v) is 5.48. The average Bonchev–Trinajstić information content (AvgIpc) is 2.89. The Balaban J connectivity index is 1.69. The van der Waals surface area contributed by atoms with Crippen LogP contribution in [-0.4, -0.2) is 6.29 Å². The van der Waals surface area contributed by atoms with Gasteiger partial charge in [-0.15, -0.1) is 0 Å². The molecule has 4 unspecified atom stereocenters. The van der Waals surface area contributed by atoms with E-state index >= 15 is 0 Å². The molecular weight excluding hydrogens is 184 g/mol. The predicted molar refractivity (Wildman–Crippen MR) is 60.4 cm³/mol. The molecule has 0 N–H and O–H groups in total. The first-order valence-corrected chi connectivity index (χ1v) is 6.75. The predicted octanol–water partition coefficient (Wildman–Crippen LogP) is 3.28. The molecule has 3 aliphatic carbocycles. The minimum absolute atomic E-state index is 0.299. The molecule has 0 saturated heterocycles. The molecule has 0 heterocycles. The van der Waals surface area contributed by atoms with Crippen molar-refractivity contribution in [2.24, 2.45) is 35.5 Å². The third-order valence-electron chi connectivity index (χ3n) is 5.48.